The Morgan fingerprint density at radius 1 is 0.625 bits per heavy atom. The van der Waals surface area contributed by atoms with Gasteiger partial charge in [0.1, 0.15) is 0 Å². The molecule has 0 aromatic carbocycles. The fourth-order valence-electron chi connectivity index (χ4n) is 0.707. The minimum absolute atomic E-state index is 0.446. The van der Waals surface area contributed by atoms with Gasteiger partial charge in [-0.1, -0.05) is 0 Å². The molecule has 0 saturated heterocycles. The molecule has 16 valence electrons. The molecule has 0 rings (SSSR count). The van der Waals surface area contributed by atoms with Crippen LogP contribution in [-0.2, 0) is 0 Å². The van der Waals surface area contributed by atoms with E-state index in [4.69, 9.17) is 0 Å². The van der Waals surface area contributed by atoms with E-state index in [-0.39, 0.29) is 0 Å². The van der Waals surface area contributed by atoms with Crippen molar-refractivity contribution in [2.45, 2.75) is 0 Å². The van der Waals surface area contributed by atoms with E-state index in [9.17, 15) is 0 Å². The van der Waals surface area contributed by atoms with Crippen LogP contribution >= 0.6 is 0 Å². The van der Waals surface area contributed by atoms with Crippen molar-refractivity contribution in [1.29, 1.82) is 0 Å². The summed E-state index contributed by atoms with van der Waals surface area (Å²) in [4.78, 5) is 0. The van der Waals surface area contributed by atoms with Crippen molar-refractivity contribution >= 4 is 136 Å². The van der Waals surface area contributed by atoms with Gasteiger partial charge in [0.25, 0.3) is 0 Å². The van der Waals surface area contributed by atoms with Gasteiger partial charge in [-0.25, -0.2) is 0 Å². The Labute approximate surface area is 119 Å². The standard InChI is InChI=1S/8Ba. The van der Waals surface area contributed by atoms with E-state index in [0.717, 1.165) is 0 Å². The monoisotopic (exact) mass is 1100 g/mol. The zero-order valence-electron chi connectivity index (χ0n) is 5.66. The summed E-state index contributed by atoms with van der Waals surface area (Å²) < 4.78 is 0. The molecule has 0 N–H and O–H groups in total. The van der Waals surface area contributed by atoms with Crippen LogP contribution < -0.4 is 0 Å². The summed E-state index contributed by atoms with van der Waals surface area (Å²) in [5.74, 6) is 0. The number of rotatable bonds is 5. The van der Waals surface area contributed by atoms with Crippen molar-refractivity contribution in [3.8, 4) is 0 Å². The first kappa shape index (κ1) is 20.6. The van der Waals surface area contributed by atoms with E-state index in [1.165, 1.54) is 61.3 Å². The second-order valence-corrected chi connectivity index (χ2v) is 819. The van der Waals surface area contributed by atoms with Crippen LogP contribution in [-0.4, -0.2) is 136 Å². The molecule has 2 radical (unpaired) electrons. The summed E-state index contributed by atoms with van der Waals surface area (Å²) in [6.45, 7) is 0. The number of hydrogen-bond donors (Lipinski definition) is 0. The quantitative estimate of drug-likeness (QED) is 0.203. The van der Waals surface area contributed by atoms with E-state index in [1.54, 1.807) is 0 Å². The third-order valence-corrected chi connectivity index (χ3v) is 3510. The van der Waals surface area contributed by atoms with Crippen LogP contribution in [0.25, 0.3) is 0 Å². The molecule has 0 atom stereocenters. The second-order valence-electron chi connectivity index (χ2n) is 2.12. The second kappa shape index (κ2) is 19.6. The zero-order chi connectivity index (χ0) is 6.24. The molecule has 0 spiro atoms. The Hall–Kier alpha value is 12.6. The van der Waals surface area contributed by atoms with E-state index < -0.39 is 0 Å². The predicted molar refractivity (Wildman–Crippen MR) is 46.0 cm³/mol. The van der Waals surface area contributed by atoms with Crippen LogP contribution in [0.1, 0.15) is 0 Å². The van der Waals surface area contributed by atoms with E-state index in [2.05, 4.69) is 0 Å². The normalized spacial score (nSPS) is 3.25. The molecule has 0 aromatic rings. The van der Waals surface area contributed by atoms with Crippen molar-refractivity contribution in [3.05, 3.63) is 0 Å². The molecule has 0 aliphatic heterocycles. The van der Waals surface area contributed by atoms with Crippen molar-refractivity contribution in [1.82, 2.24) is 0 Å². The first-order chi connectivity index (χ1) is 3.91. The summed E-state index contributed by atoms with van der Waals surface area (Å²) >= 11 is 6.11. The van der Waals surface area contributed by atoms with Crippen molar-refractivity contribution < 1.29 is 0 Å². The SMILES string of the molecule is [Ba][Ba][Ba][Ba][Ba][Ba][Ba][Ba]. The van der Waals surface area contributed by atoms with E-state index in [1.807, 2.05) is 0 Å². The van der Waals surface area contributed by atoms with Gasteiger partial charge in [0.15, 0.2) is 0 Å². The fraction of sp³-hybridized carbons (Fsp3) is 0. The molecule has 0 aromatic heterocycles. The summed E-state index contributed by atoms with van der Waals surface area (Å²) in [7, 11) is 0. The molecule has 0 amide bonds. The summed E-state index contributed by atoms with van der Waals surface area (Å²) in [5.41, 5.74) is 0. The van der Waals surface area contributed by atoms with Gasteiger partial charge in [-0.3, -0.25) is 0 Å². The van der Waals surface area contributed by atoms with Crippen LogP contribution in [0.2, 0.25) is 0 Å². The average Bonchev–Trinajstić information content (AvgIpc) is 1.81. The Morgan fingerprint density at radius 2 is 1.00 bits per heavy atom. The zero-order valence-corrected chi connectivity index (χ0v) is 41.2. The van der Waals surface area contributed by atoms with Gasteiger partial charge < -0.3 is 0 Å². The molecule has 8 heavy (non-hydrogen) atoms. The molecule has 0 bridgehead atoms. The van der Waals surface area contributed by atoms with Crippen LogP contribution in [0.15, 0.2) is 0 Å². The molecule has 0 saturated carbocycles. The molecule has 0 heterocycles. The van der Waals surface area contributed by atoms with Gasteiger partial charge in [0, 0.05) is 0 Å². The van der Waals surface area contributed by atoms with Gasteiger partial charge in [0.2, 0.25) is 0 Å². The molecule has 0 fully saturated rings. The van der Waals surface area contributed by atoms with Crippen molar-refractivity contribution in [2.24, 2.45) is 0 Å². The maximum atomic E-state index is 1.53. The molecular formula is Ba8. The van der Waals surface area contributed by atoms with E-state index >= 15 is 0 Å². The van der Waals surface area contributed by atoms with Gasteiger partial charge in [-0.2, -0.15) is 0 Å². The molecule has 0 nitrogen and oxygen atoms in total. The van der Waals surface area contributed by atoms with Gasteiger partial charge in [0.05, 0.1) is 0 Å². The van der Waals surface area contributed by atoms with Gasteiger partial charge in [-0.05, 0) is 0 Å². The van der Waals surface area contributed by atoms with Crippen LogP contribution in [0.4, 0.5) is 0 Å². The van der Waals surface area contributed by atoms with Crippen LogP contribution in [0.3, 0.4) is 0 Å². The Bertz CT molecular complexity index is 25.0. The maximum absolute atomic E-state index is 1.53. The third-order valence-electron chi connectivity index (χ3n) is 1.25. The molecule has 8 heteroatoms. The Balaban J connectivity index is 2.53. The number of hydrogen-bond acceptors (Lipinski definition) is 0. The molecular weight excluding hydrogens is 1100 g/mol. The third kappa shape index (κ3) is 18.6. The predicted octanol–water partition coefficient (Wildman–Crippen LogP) is -3.05. The topological polar surface area (TPSA) is 0 Å². The Morgan fingerprint density at radius 3 is 1.25 bits per heavy atom. The molecule has 0 aliphatic carbocycles. The van der Waals surface area contributed by atoms with Gasteiger partial charge in [-0.15, -0.1) is 0 Å². The summed E-state index contributed by atoms with van der Waals surface area (Å²) in [5, 5.41) is 0. The first-order valence-electron chi connectivity index (χ1n) is 3.50. The van der Waals surface area contributed by atoms with Crippen LogP contribution in [0.5, 0.6) is 0 Å². The van der Waals surface area contributed by atoms with Crippen molar-refractivity contribution in [2.75, 3.05) is 0 Å². The fourth-order valence-corrected chi connectivity index (χ4v) is 14500. The average molecular weight is 1100 g/mol. The summed E-state index contributed by atoms with van der Waals surface area (Å²) in [6, 6.07) is 0. The molecule has 0 aliphatic rings. The van der Waals surface area contributed by atoms with Crippen molar-refractivity contribution in [3.63, 3.8) is 0 Å². The van der Waals surface area contributed by atoms with Crippen LogP contribution in [0, 0.1) is 0 Å². The summed E-state index contributed by atoms with van der Waals surface area (Å²) in [6.07, 6.45) is 0. The Kier molecular flexibility index (Phi) is 50.3. The van der Waals surface area contributed by atoms with Gasteiger partial charge >= 0.3 is 136 Å². The minimum atomic E-state index is 0.446. The first-order valence-corrected chi connectivity index (χ1v) is 186. The van der Waals surface area contributed by atoms with E-state index in [0.29, 0.717) is 74.5 Å². The molecule has 0 unspecified atom stereocenters.